The van der Waals surface area contributed by atoms with Crippen molar-refractivity contribution in [1.29, 1.82) is 0 Å². The van der Waals surface area contributed by atoms with Gasteiger partial charge in [0.05, 0.1) is 11.4 Å². The number of carbonyl (C=O) groups is 1. The van der Waals surface area contributed by atoms with Crippen molar-refractivity contribution in [3.8, 4) is 22.8 Å². The van der Waals surface area contributed by atoms with Crippen LogP contribution in [0.3, 0.4) is 0 Å². The van der Waals surface area contributed by atoms with E-state index in [4.69, 9.17) is 26.1 Å². The standard InChI is InChI=1S/C29H29ClN2O3S/c30-23-4-1-21(2-5-23)24-16-32(29-13-18-9-19(14-29)11-20(10-18)15-29)28(31-24)36-17-25(33)22-3-6-26-27(12-22)35-8-7-34-26/h1-6,12,16,18-20H,7-11,13-15,17H2. The molecule has 7 heteroatoms. The van der Waals surface area contributed by atoms with Gasteiger partial charge < -0.3 is 14.0 Å². The van der Waals surface area contributed by atoms with Crippen LogP contribution in [0.25, 0.3) is 11.3 Å². The topological polar surface area (TPSA) is 53.4 Å². The number of imidazole rings is 1. The Hall–Kier alpha value is -2.44. The van der Waals surface area contributed by atoms with Gasteiger partial charge in [-0.25, -0.2) is 4.98 Å². The number of rotatable bonds is 6. The van der Waals surface area contributed by atoms with Crippen LogP contribution < -0.4 is 9.47 Å². The first-order valence-electron chi connectivity index (χ1n) is 13.0. The highest BCUT2D eigenvalue weighted by atomic mass is 35.5. The summed E-state index contributed by atoms with van der Waals surface area (Å²) in [4.78, 5) is 18.3. The second-order valence-electron chi connectivity index (χ2n) is 11.0. The quantitative estimate of drug-likeness (QED) is 0.262. The molecule has 1 aliphatic heterocycles. The zero-order chi connectivity index (χ0) is 24.3. The monoisotopic (exact) mass is 520 g/mol. The molecule has 0 radical (unpaired) electrons. The van der Waals surface area contributed by atoms with Crippen molar-refractivity contribution in [2.24, 2.45) is 17.8 Å². The third kappa shape index (κ3) is 4.03. The van der Waals surface area contributed by atoms with E-state index in [1.807, 2.05) is 42.5 Å². The summed E-state index contributed by atoms with van der Waals surface area (Å²) in [6.45, 7) is 1.05. The van der Waals surface area contributed by atoms with E-state index in [-0.39, 0.29) is 11.3 Å². The molecule has 5 aliphatic rings. The van der Waals surface area contributed by atoms with Crippen molar-refractivity contribution in [3.63, 3.8) is 0 Å². The average Bonchev–Trinajstić information content (AvgIpc) is 3.32. The average molecular weight is 521 g/mol. The number of benzene rings is 2. The van der Waals surface area contributed by atoms with E-state index in [9.17, 15) is 4.79 Å². The number of ketones is 1. The van der Waals surface area contributed by atoms with Crippen LogP contribution in [-0.4, -0.2) is 34.3 Å². The molecule has 1 aromatic heterocycles. The smallest absolute Gasteiger partial charge is 0.173 e. The van der Waals surface area contributed by atoms with Gasteiger partial charge in [0, 0.05) is 27.9 Å². The Morgan fingerprint density at radius 3 is 2.33 bits per heavy atom. The molecule has 4 bridgehead atoms. The molecule has 5 nitrogen and oxygen atoms in total. The zero-order valence-corrected chi connectivity index (χ0v) is 21.7. The van der Waals surface area contributed by atoms with Crippen LogP contribution >= 0.6 is 23.4 Å². The van der Waals surface area contributed by atoms with Crippen molar-refractivity contribution >= 4 is 29.1 Å². The summed E-state index contributed by atoms with van der Waals surface area (Å²) in [6.07, 6.45) is 10.1. The molecule has 0 saturated heterocycles. The minimum absolute atomic E-state index is 0.0741. The molecule has 0 atom stereocenters. The lowest BCUT2D eigenvalue weighted by atomic mass is 9.53. The van der Waals surface area contributed by atoms with Crippen molar-refractivity contribution < 1.29 is 14.3 Å². The lowest BCUT2D eigenvalue weighted by Gasteiger charge is -2.57. The Morgan fingerprint density at radius 2 is 1.64 bits per heavy atom. The second-order valence-corrected chi connectivity index (χ2v) is 12.4. The van der Waals surface area contributed by atoms with Crippen molar-refractivity contribution in [3.05, 3.63) is 59.2 Å². The third-order valence-electron chi connectivity index (χ3n) is 8.53. The number of hydrogen-bond acceptors (Lipinski definition) is 5. The Morgan fingerprint density at radius 1 is 0.972 bits per heavy atom. The lowest BCUT2D eigenvalue weighted by Crippen LogP contribution is -2.51. The largest absolute Gasteiger partial charge is 0.486 e. The maximum Gasteiger partial charge on any atom is 0.173 e. The molecule has 0 amide bonds. The molecule has 0 N–H and O–H groups in total. The van der Waals surface area contributed by atoms with Crippen LogP contribution in [0.4, 0.5) is 0 Å². The number of fused-ring (bicyclic) bond motifs is 1. The fraction of sp³-hybridized carbons (Fsp3) is 0.448. The van der Waals surface area contributed by atoms with Crippen LogP contribution in [0.15, 0.2) is 53.8 Å². The fourth-order valence-corrected chi connectivity index (χ4v) is 8.46. The predicted molar refractivity (Wildman–Crippen MR) is 141 cm³/mol. The number of aromatic nitrogens is 2. The summed E-state index contributed by atoms with van der Waals surface area (Å²) in [5.74, 6) is 4.25. The third-order valence-corrected chi connectivity index (χ3v) is 9.73. The highest BCUT2D eigenvalue weighted by Crippen LogP contribution is 2.59. The summed E-state index contributed by atoms with van der Waals surface area (Å²) >= 11 is 7.71. The van der Waals surface area contributed by atoms with Gasteiger partial charge in [-0.2, -0.15) is 0 Å². The summed E-state index contributed by atoms with van der Waals surface area (Å²) in [6, 6.07) is 13.4. The first kappa shape index (κ1) is 22.7. The first-order valence-corrected chi connectivity index (χ1v) is 14.3. The molecular weight excluding hydrogens is 492 g/mol. The van der Waals surface area contributed by atoms with Gasteiger partial charge in [-0.3, -0.25) is 4.79 Å². The highest BCUT2D eigenvalue weighted by molar-refractivity contribution is 7.99. The first-order chi connectivity index (χ1) is 17.5. The number of halogens is 1. The van der Waals surface area contributed by atoms with Crippen LogP contribution in [-0.2, 0) is 5.54 Å². The number of carbonyl (C=O) groups excluding carboxylic acids is 1. The van der Waals surface area contributed by atoms with E-state index >= 15 is 0 Å². The van der Waals surface area contributed by atoms with E-state index in [1.165, 1.54) is 38.5 Å². The van der Waals surface area contributed by atoms with Gasteiger partial charge in [-0.05, 0) is 86.6 Å². The Kier molecular flexibility index (Phi) is 5.58. The maximum absolute atomic E-state index is 13.2. The molecule has 4 saturated carbocycles. The minimum atomic E-state index is 0.0741. The number of nitrogens with zero attached hydrogens (tertiary/aromatic N) is 2. The molecule has 8 rings (SSSR count). The van der Waals surface area contributed by atoms with Crippen LogP contribution in [0.2, 0.25) is 5.02 Å². The van der Waals surface area contributed by atoms with Crippen molar-refractivity contribution in [2.45, 2.75) is 49.2 Å². The molecule has 2 heterocycles. The molecule has 186 valence electrons. The molecule has 2 aromatic carbocycles. The van der Waals surface area contributed by atoms with E-state index in [1.54, 1.807) is 11.8 Å². The number of hydrogen-bond donors (Lipinski definition) is 0. The van der Waals surface area contributed by atoms with Gasteiger partial charge in [-0.1, -0.05) is 35.5 Å². The summed E-state index contributed by atoms with van der Waals surface area (Å²) in [5.41, 5.74) is 2.80. The van der Waals surface area contributed by atoms with Gasteiger partial charge in [0.1, 0.15) is 13.2 Å². The Bertz CT molecular complexity index is 1280. The van der Waals surface area contributed by atoms with Gasteiger partial charge in [-0.15, -0.1) is 0 Å². The predicted octanol–water partition coefficient (Wildman–Crippen LogP) is 6.88. The van der Waals surface area contributed by atoms with Crippen molar-refractivity contribution in [2.75, 3.05) is 19.0 Å². The molecule has 36 heavy (non-hydrogen) atoms. The summed E-state index contributed by atoms with van der Waals surface area (Å²) in [5, 5.41) is 1.67. The van der Waals surface area contributed by atoms with E-state index in [2.05, 4.69) is 10.8 Å². The van der Waals surface area contributed by atoms with Crippen molar-refractivity contribution in [1.82, 2.24) is 9.55 Å². The normalized spacial score (nSPS) is 27.9. The maximum atomic E-state index is 13.2. The Labute approximate surface area is 220 Å². The summed E-state index contributed by atoms with van der Waals surface area (Å²) < 4.78 is 13.8. The fourth-order valence-electron chi connectivity index (χ4n) is 7.35. The number of Topliss-reactive ketones (excluding diaryl/α,β-unsaturated/α-hetero) is 1. The lowest BCUT2D eigenvalue weighted by molar-refractivity contribution is -0.0472. The molecule has 0 unspecified atom stereocenters. The van der Waals surface area contributed by atoms with Crippen LogP contribution in [0.1, 0.15) is 48.9 Å². The number of thioether (sulfide) groups is 1. The second kappa shape index (κ2) is 8.84. The number of ether oxygens (including phenoxy) is 2. The molecule has 4 fully saturated rings. The van der Waals surface area contributed by atoms with E-state index in [0.717, 1.165) is 39.2 Å². The van der Waals surface area contributed by atoms with Gasteiger partial charge >= 0.3 is 0 Å². The molecule has 4 aliphatic carbocycles. The molecule has 0 spiro atoms. The van der Waals surface area contributed by atoms with Gasteiger partial charge in [0.15, 0.2) is 22.4 Å². The van der Waals surface area contributed by atoms with Crippen LogP contribution in [0.5, 0.6) is 11.5 Å². The molecular formula is C29H29ClN2O3S. The minimum Gasteiger partial charge on any atom is -0.486 e. The van der Waals surface area contributed by atoms with Crippen LogP contribution in [0, 0.1) is 17.8 Å². The summed E-state index contributed by atoms with van der Waals surface area (Å²) in [7, 11) is 0. The van der Waals surface area contributed by atoms with Gasteiger partial charge in [0.25, 0.3) is 0 Å². The van der Waals surface area contributed by atoms with Gasteiger partial charge in [0.2, 0.25) is 0 Å². The SMILES string of the molecule is O=C(CSc1nc(-c2ccc(Cl)cc2)cn1C12CC3CC(CC(C3)C1)C2)c1ccc2c(c1)OCCO2. The Balaban J connectivity index is 1.19. The highest BCUT2D eigenvalue weighted by Gasteiger charge is 2.52. The van der Waals surface area contributed by atoms with E-state index < -0.39 is 0 Å². The molecule has 3 aromatic rings. The zero-order valence-electron chi connectivity index (χ0n) is 20.1. The van der Waals surface area contributed by atoms with E-state index in [0.29, 0.717) is 36.0 Å².